The molecule has 0 saturated heterocycles. The average Bonchev–Trinajstić information content (AvgIpc) is 2.19. The van der Waals surface area contributed by atoms with E-state index < -0.39 is 0 Å². The molecule has 1 aromatic rings. The van der Waals surface area contributed by atoms with E-state index in [1.165, 1.54) is 0 Å². The largest absolute Gasteiger partial charge is 0.506 e. The minimum Gasteiger partial charge on any atom is -0.506 e. The first kappa shape index (κ1) is 13.5. The molecule has 1 atom stereocenters. The summed E-state index contributed by atoms with van der Waals surface area (Å²) in [6.07, 6.45) is 3.17. The van der Waals surface area contributed by atoms with Crippen molar-refractivity contribution in [3.05, 3.63) is 24.8 Å². The summed E-state index contributed by atoms with van der Waals surface area (Å²) in [7, 11) is 0. The number of rotatable bonds is 4. The van der Waals surface area contributed by atoms with E-state index in [1.54, 1.807) is 0 Å². The van der Waals surface area contributed by atoms with E-state index in [0.29, 0.717) is 5.75 Å². The quantitative estimate of drug-likeness (QED) is 0.714. The van der Waals surface area contributed by atoms with Crippen molar-refractivity contribution >= 4 is 45.2 Å². The normalized spacial score (nSPS) is 12.8. The van der Waals surface area contributed by atoms with Gasteiger partial charge < -0.3 is 10.8 Å². The van der Waals surface area contributed by atoms with Crippen LogP contribution in [0, 0.1) is 7.14 Å². The van der Waals surface area contributed by atoms with Crippen LogP contribution in [0.4, 0.5) is 0 Å². The zero-order valence-electron chi connectivity index (χ0n) is 8.63. The Balaban J connectivity index is 2.92. The third kappa shape index (κ3) is 3.74. The number of hydrogen-bond acceptors (Lipinski definition) is 2. The first-order valence-corrected chi connectivity index (χ1v) is 7.15. The fraction of sp³-hybridized carbons (Fsp3) is 0.455. The van der Waals surface area contributed by atoms with Crippen LogP contribution in [0.1, 0.15) is 37.8 Å². The summed E-state index contributed by atoms with van der Waals surface area (Å²) >= 11 is 4.38. The fourth-order valence-corrected chi connectivity index (χ4v) is 3.34. The molecule has 4 heteroatoms. The lowest BCUT2D eigenvalue weighted by Gasteiger charge is -2.14. The second kappa shape index (κ2) is 6.24. The summed E-state index contributed by atoms with van der Waals surface area (Å²) in [4.78, 5) is 0. The highest BCUT2D eigenvalue weighted by Gasteiger charge is 2.13. The van der Waals surface area contributed by atoms with Crippen LogP contribution in [0.5, 0.6) is 5.75 Å². The van der Waals surface area contributed by atoms with Gasteiger partial charge in [-0.2, -0.15) is 0 Å². The number of halogens is 2. The van der Waals surface area contributed by atoms with E-state index in [4.69, 9.17) is 5.73 Å². The summed E-state index contributed by atoms with van der Waals surface area (Å²) in [6.45, 7) is 2.14. The predicted molar refractivity (Wildman–Crippen MR) is 80.0 cm³/mol. The predicted octanol–water partition coefficient (Wildman–Crippen LogP) is 3.79. The van der Waals surface area contributed by atoms with Gasteiger partial charge in [-0.3, -0.25) is 0 Å². The van der Waals surface area contributed by atoms with Crippen molar-refractivity contribution in [2.75, 3.05) is 0 Å². The maximum atomic E-state index is 9.90. The molecule has 1 rings (SSSR count). The monoisotopic (exact) mass is 431 g/mol. The lowest BCUT2D eigenvalue weighted by molar-refractivity contribution is 0.452. The molecule has 0 aliphatic heterocycles. The van der Waals surface area contributed by atoms with Crippen LogP contribution in [-0.2, 0) is 0 Å². The number of phenolic OH excluding ortho intramolecular Hbond substituents is 1. The molecule has 0 aliphatic rings. The smallest absolute Gasteiger partial charge is 0.133 e. The van der Waals surface area contributed by atoms with E-state index in [9.17, 15) is 5.11 Å². The van der Waals surface area contributed by atoms with Gasteiger partial charge >= 0.3 is 0 Å². The lowest BCUT2D eigenvalue weighted by atomic mass is 10.0. The molecule has 0 saturated carbocycles. The Hall–Kier alpha value is 0.440. The van der Waals surface area contributed by atoms with Gasteiger partial charge in [0.25, 0.3) is 0 Å². The second-order valence-electron chi connectivity index (χ2n) is 3.57. The third-order valence-electron chi connectivity index (χ3n) is 2.33. The van der Waals surface area contributed by atoms with Crippen molar-refractivity contribution in [3.63, 3.8) is 0 Å². The molecule has 0 spiro atoms. The molecular formula is C11H15I2NO. The summed E-state index contributed by atoms with van der Waals surface area (Å²) in [5.41, 5.74) is 6.93. The van der Waals surface area contributed by atoms with E-state index in [-0.39, 0.29) is 6.04 Å². The Bertz CT molecular complexity index is 342. The van der Waals surface area contributed by atoms with Gasteiger partial charge in [0.05, 0.1) is 3.57 Å². The van der Waals surface area contributed by atoms with E-state index >= 15 is 0 Å². The van der Waals surface area contributed by atoms with Gasteiger partial charge in [-0.25, -0.2) is 0 Å². The molecule has 0 heterocycles. The van der Waals surface area contributed by atoms with E-state index in [2.05, 4.69) is 52.1 Å². The first-order valence-electron chi connectivity index (χ1n) is 4.99. The zero-order valence-corrected chi connectivity index (χ0v) is 12.9. The number of aromatic hydroxyl groups is 1. The molecule has 0 fully saturated rings. The molecule has 0 amide bonds. The SMILES string of the molecule is CCCC[C@H](N)c1cc(I)cc(I)c1O. The maximum absolute atomic E-state index is 9.90. The topological polar surface area (TPSA) is 46.2 Å². The number of hydrogen-bond donors (Lipinski definition) is 2. The van der Waals surface area contributed by atoms with Gasteiger partial charge in [-0.05, 0) is 63.7 Å². The highest BCUT2D eigenvalue weighted by atomic mass is 127. The second-order valence-corrected chi connectivity index (χ2v) is 5.98. The van der Waals surface area contributed by atoms with Gasteiger partial charge in [0.1, 0.15) is 5.75 Å². The zero-order chi connectivity index (χ0) is 11.4. The van der Waals surface area contributed by atoms with Gasteiger partial charge in [-0.15, -0.1) is 0 Å². The van der Waals surface area contributed by atoms with Crippen LogP contribution < -0.4 is 5.73 Å². The van der Waals surface area contributed by atoms with Crippen molar-refractivity contribution in [2.24, 2.45) is 5.73 Å². The standard InChI is InChI=1S/C11H15I2NO/c1-2-3-4-10(14)8-5-7(12)6-9(13)11(8)15/h5-6,10,15H,2-4,14H2,1H3/t10-/m0/s1. The molecule has 0 unspecified atom stereocenters. The first-order chi connectivity index (χ1) is 7.06. The van der Waals surface area contributed by atoms with Crippen LogP contribution in [0.15, 0.2) is 12.1 Å². The molecule has 2 nitrogen and oxygen atoms in total. The van der Waals surface area contributed by atoms with E-state index in [1.807, 2.05) is 12.1 Å². The van der Waals surface area contributed by atoms with Crippen molar-refractivity contribution in [3.8, 4) is 5.75 Å². The molecule has 0 aromatic heterocycles. The molecule has 84 valence electrons. The summed E-state index contributed by atoms with van der Waals surface area (Å²) in [5, 5.41) is 9.90. The summed E-state index contributed by atoms with van der Waals surface area (Å²) in [6, 6.07) is 3.87. The average molecular weight is 431 g/mol. The van der Waals surface area contributed by atoms with Crippen molar-refractivity contribution in [1.82, 2.24) is 0 Å². The van der Waals surface area contributed by atoms with Crippen LogP contribution in [0.25, 0.3) is 0 Å². The molecule has 0 bridgehead atoms. The Morgan fingerprint density at radius 2 is 2.07 bits per heavy atom. The Labute approximate surface area is 118 Å². The number of unbranched alkanes of at least 4 members (excludes halogenated alkanes) is 1. The van der Waals surface area contributed by atoms with Gasteiger partial charge in [0, 0.05) is 15.2 Å². The van der Waals surface area contributed by atoms with Crippen LogP contribution >= 0.6 is 45.2 Å². The Morgan fingerprint density at radius 3 is 2.67 bits per heavy atom. The van der Waals surface area contributed by atoms with Gasteiger partial charge in [-0.1, -0.05) is 19.8 Å². The fourth-order valence-electron chi connectivity index (χ4n) is 1.45. The third-order valence-corrected chi connectivity index (χ3v) is 3.77. The van der Waals surface area contributed by atoms with Crippen molar-refractivity contribution < 1.29 is 5.11 Å². The molecule has 15 heavy (non-hydrogen) atoms. The van der Waals surface area contributed by atoms with Crippen LogP contribution in [0.2, 0.25) is 0 Å². The van der Waals surface area contributed by atoms with Crippen LogP contribution in [-0.4, -0.2) is 5.11 Å². The maximum Gasteiger partial charge on any atom is 0.133 e. The number of benzene rings is 1. The summed E-state index contributed by atoms with van der Waals surface area (Å²) in [5.74, 6) is 0.347. The molecule has 0 radical (unpaired) electrons. The lowest BCUT2D eigenvalue weighted by Crippen LogP contribution is -2.11. The molecular weight excluding hydrogens is 416 g/mol. The van der Waals surface area contributed by atoms with Crippen LogP contribution in [0.3, 0.4) is 0 Å². The Kier molecular flexibility index (Phi) is 5.62. The van der Waals surface area contributed by atoms with Gasteiger partial charge in [0.2, 0.25) is 0 Å². The van der Waals surface area contributed by atoms with Crippen molar-refractivity contribution in [1.29, 1.82) is 0 Å². The number of phenols is 1. The molecule has 1 aromatic carbocycles. The minimum absolute atomic E-state index is 0.0480. The van der Waals surface area contributed by atoms with Gasteiger partial charge in [0.15, 0.2) is 0 Å². The number of nitrogens with two attached hydrogens (primary N) is 1. The van der Waals surface area contributed by atoms with Crippen molar-refractivity contribution in [2.45, 2.75) is 32.2 Å². The Morgan fingerprint density at radius 1 is 1.40 bits per heavy atom. The van der Waals surface area contributed by atoms with E-state index in [0.717, 1.165) is 32.0 Å². The highest BCUT2D eigenvalue weighted by molar-refractivity contribution is 14.1. The highest BCUT2D eigenvalue weighted by Crippen LogP contribution is 2.32. The summed E-state index contributed by atoms with van der Waals surface area (Å²) < 4.78 is 2.00. The minimum atomic E-state index is -0.0480. The molecule has 0 aliphatic carbocycles. The molecule has 3 N–H and O–H groups in total.